The first-order chi connectivity index (χ1) is 9.99. The van der Waals surface area contributed by atoms with Crippen molar-refractivity contribution in [3.05, 3.63) is 24.2 Å². The molecule has 1 saturated heterocycles. The molecule has 0 radical (unpaired) electrons. The molecule has 21 heavy (non-hydrogen) atoms. The Morgan fingerprint density at radius 2 is 2.19 bits per heavy atom. The maximum atomic E-state index is 12.2. The standard InChI is InChI=1S/C15H21N3O2S/c1-11(2)18-14(17-13-7-5-8-16-15(13)18)10-12-6-3-4-9-21(12,19)20/h5,7-8,11-12H,3-4,6,9-10H2,1-2H3. The van der Waals surface area contributed by atoms with Crippen LogP contribution < -0.4 is 0 Å². The van der Waals surface area contributed by atoms with Gasteiger partial charge in [0.25, 0.3) is 0 Å². The van der Waals surface area contributed by atoms with Crippen molar-refractivity contribution in [3.8, 4) is 0 Å². The molecule has 0 aliphatic carbocycles. The van der Waals surface area contributed by atoms with E-state index in [0.717, 1.165) is 36.3 Å². The van der Waals surface area contributed by atoms with E-state index in [2.05, 4.69) is 28.4 Å². The smallest absolute Gasteiger partial charge is 0.160 e. The second kappa shape index (κ2) is 5.40. The van der Waals surface area contributed by atoms with Gasteiger partial charge in [-0.25, -0.2) is 18.4 Å². The van der Waals surface area contributed by atoms with Gasteiger partial charge in [-0.2, -0.15) is 0 Å². The van der Waals surface area contributed by atoms with Gasteiger partial charge in [0.15, 0.2) is 15.5 Å². The highest BCUT2D eigenvalue weighted by Gasteiger charge is 2.30. The van der Waals surface area contributed by atoms with Gasteiger partial charge < -0.3 is 4.57 Å². The molecule has 0 N–H and O–H groups in total. The second-order valence-corrected chi connectivity index (χ2v) is 8.43. The second-order valence-electron chi connectivity index (χ2n) is 6.03. The van der Waals surface area contributed by atoms with E-state index in [1.54, 1.807) is 6.20 Å². The molecule has 1 aliphatic heterocycles. The topological polar surface area (TPSA) is 64.8 Å². The first-order valence-corrected chi connectivity index (χ1v) is 9.24. The third-order valence-electron chi connectivity index (χ3n) is 4.16. The molecule has 1 unspecified atom stereocenters. The highest BCUT2D eigenvalue weighted by molar-refractivity contribution is 7.92. The van der Waals surface area contributed by atoms with Gasteiger partial charge in [0.1, 0.15) is 11.3 Å². The average Bonchev–Trinajstić information content (AvgIpc) is 2.79. The summed E-state index contributed by atoms with van der Waals surface area (Å²) in [6.07, 6.45) is 4.78. The first kappa shape index (κ1) is 14.5. The number of imidazole rings is 1. The van der Waals surface area contributed by atoms with Crippen LogP contribution in [0.15, 0.2) is 18.3 Å². The quantitative estimate of drug-likeness (QED) is 0.874. The normalized spacial score (nSPS) is 22.0. The molecule has 2 aromatic heterocycles. The molecule has 1 fully saturated rings. The number of fused-ring (bicyclic) bond motifs is 1. The Balaban J connectivity index is 2.02. The third kappa shape index (κ3) is 2.69. The zero-order chi connectivity index (χ0) is 15.0. The Bertz CT molecular complexity index is 749. The van der Waals surface area contributed by atoms with E-state index in [1.165, 1.54) is 0 Å². The predicted molar refractivity (Wildman–Crippen MR) is 83.0 cm³/mol. The zero-order valence-corrected chi connectivity index (χ0v) is 13.3. The summed E-state index contributed by atoms with van der Waals surface area (Å²) in [6, 6.07) is 4.01. The minimum Gasteiger partial charge on any atom is -0.310 e. The fourth-order valence-electron chi connectivity index (χ4n) is 3.12. The van der Waals surface area contributed by atoms with Gasteiger partial charge in [-0.1, -0.05) is 6.42 Å². The summed E-state index contributed by atoms with van der Waals surface area (Å²) in [4.78, 5) is 9.03. The molecule has 3 heterocycles. The summed E-state index contributed by atoms with van der Waals surface area (Å²) in [6.45, 7) is 4.16. The van der Waals surface area contributed by atoms with E-state index >= 15 is 0 Å². The van der Waals surface area contributed by atoms with Crippen LogP contribution in [-0.4, -0.2) is 34.0 Å². The SMILES string of the molecule is CC(C)n1c(CC2CCCCS2(=O)=O)nc2cccnc21. The fraction of sp³-hybridized carbons (Fsp3) is 0.600. The minimum absolute atomic E-state index is 0.214. The lowest BCUT2D eigenvalue weighted by molar-refractivity contribution is 0.518. The molecule has 5 nitrogen and oxygen atoms in total. The van der Waals surface area contributed by atoms with Gasteiger partial charge in [-0.05, 0) is 38.8 Å². The van der Waals surface area contributed by atoms with Gasteiger partial charge in [0.05, 0.1) is 11.0 Å². The maximum Gasteiger partial charge on any atom is 0.160 e. The van der Waals surface area contributed by atoms with Crippen molar-refractivity contribution in [2.45, 2.75) is 50.8 Å². The Labute approximate surface area is 125 Å². The van der Waals surface area contributed by atoms with Crippen LogP contribution in [0.5, 0.6) is 0 Å². The Morgan fingerprint density at radius 1 is 1.38 bits per heavy atom. The average molecular weight is 307 g/mol. The van der Waals surface area contributed by atoms with Crippen molar-refractivity contribution in [2.75, 3.05) is 5.75 Å². The van der Waals surface area contributed by atoms with Gasteiger partial charge in [-0.3, -0.25) is 0 Å². The van der Waals surface area contributed by atoms with Crippen molar-refractivity contribution >= 4 is 21.0 Å². The largest absolute Gasteiger partial charge is 0.310 e. The van der Waals surface area contributed by atoms with Crippen LogP contribution >= 0.6 is 0 Å². The summed E-state index contributed by atoms with van der Waals surface area (Å²) in [5, 5.41) is -0.291. The zero-order valence-electron chi connectivity index (χ0n) is 12.5. The Morgan fingerprint density at radius 3 is 2.90 bits per heavy atom. The summed E-state index contributed by atoms with van der Waals surface area (Å²) in [7, 11) is -2.98. The molecule has 0 spiro atoms. The molecular weight excluding hydrogens is 286 g/mol. The van der Waals surface area contributed by atoms with Gasteiger partial charge in [-0.15, -0.1) is 0 Å². The van der Waals surface area contributed by atoms with E-state index in [1.807, 2.05) is 12.1 Å². The molecular formula is C15H21N3O2S. The van der Waals surface area contributed by atoms with E-state index in [9.17, 15) is 8.42 Å². The number of aromatic nitrogens is 3. The lowest BCUT2D eigenvalue weighted by atomic mass is 10.1. The molecule has 3 rings (SSSR count). The molecule has 0 aromatic carbocycles. The van der Waals surface area contributed by atoms with Crippen molar-refractivity contribution in [2.24, 2.45) is 0 Å². The van der Waals surface area contributed by atoms with Crippen LogP contribution in [0.4, 0.5) is 0 Å². The van der Waals surface area contributed by atoms with Gasteiger partial charge in [0.2, 0.25) is 0 Å². The van der Waals surface area contributed by atoms with Crippen LogP contribution in [0.2, 0.25) is 0 Å². The first-order valence-electron chi connectivity index (χ1n) is 7.52. The monoisotopic (exact) mass is 307 g/mol. The van der Waals surface area contributed by atoms with E-state index in [4.69, 9.17) is 0 Å². The number of sulfone groups is 1. The summed E-state index contributed by atoms with van der Waals surface area (Å²) >= 11 is 0. The van der Waals surface area contributed by atoms with Crippen LogP contribution in [0, 0.1) is 0 Å². The maximum absolute atomic E-state index is 12.2. The van der Waals surface area contributed by atoms with Crippen molar-refractivity contribution in [1.29, 1.82) is 0 Å². The van der Waals surface area contributed by atoms with E-state index in [-0.39, 0.29) is 11.3 Å². The van der Waals surface area contributed by atoms with Crippen molar-refractivity contribution in [3.63, 3.8) is 0 Å². The van der Waals surface area contributed by atoms with Crippen LogP contribution in [-0.2, 0) is 16.3 Å². The molecule has 1 aliphatic rings. The van der Waals surface area contributed by atoms with Crippen LogP contribution in [0.25, 0.3) is 11.2 Å². The summed E-state index contributed by atoms with van der Waals surface area (Å²) in [5.74, 6) is 1.16. The molecule has 6 heteroatoms. The minimum atomic E-state index is -2.98. The van der Waals surface area contributed by atoms with E-state index in [0.29, 0.717) is 12.2 Å². The lowest BCUT2D eigenvalue weighted by Crippen LogP contribution is -2.31. The molecule has 0 saturated carbocycles. The molecule has 1 atom stereocenters. The fourth-order valence-corrected chi connectivity index (χ4v) is 4.99. The van der Waals surface area contributed by atoms with Crippen molar-refractivity contribution < 1.29 is 8.42 Å². The van der Waals surface area contributed by atoms with Gasteiger partial charge >= 0.3 is 0 Å². The third-order valence-corrected chi connectivity index (χ3v) is 6.44. The predicted octanol–water partition coefficient (Wildman–Crippen LogP) is 2.52. The highest BCUT2D eigenvalue weighted by atomic mass is 32.2. The molecule has 0 amide bonds. The lowest BCUT2D eigenvalue weighted by Gasteiger charge is -2.22. The molecule has 2 aromatic rings. The van der Waals surface area contributed by atoms with Crippen molar-refractivity contribution in [1.82, 2.24) is 14.5 Å². The highest BCUT2D eigenvalue weighted by Crippen LogP contribution is 2.26. The Kier molecular flexibility index (Phi) is 3.73. The summed E-state index contributed by atoms with van der Waals surface area (Å²) < 4.78 is 26.5. The molecule has 114 valence electrons. The number of hydrogen-bond acceptors (Lipinski definition) is 4. The van der Waals surface area contributed by atoms with Crippen LogP contribution in [0.1, 0.15) is 45.0 Å². The van der Waals surface area contributed by atoms with Crippen LogP contribution in [0.3, 0.4) is 0 Å². The number of pyridine rings is 1. The molecule has 0 bridgehead atoms. The summed E-state index contributed by atoms with van der Waals surface area (Å²) in [5.41, 5.74) is 1.69. The number of nitrogens with zero attached hydrogens (tertiary/aromatic N) is 3. The van der Waals surface area contributed by atoms with E-state index < -0.39 is 9.84 Å². The number of hydrogen-bond donors (Lipinski definition) is 0. The Hall–Kier alpha value is -1.43. The number of rotatable bonds is 3. The van der Waals surface area contributed by atoms with Gasteiger partial charge in [0, 0.05) is 18.7 Å².